The Morgan fingerprint density at radius 1 is 1.10 bits per heavy atom. The third-order valence-corrected chi connectivity index (χ3v) is 7.48. The average molecular weight is 428 g/mol. The smallest absolute Gasteiger partial charge is 0.251 e. The zero-order chi connectivity index (χ0) is 21.3. The second-order valence-corrected chi connectivity index (χ2v) is 9.54. The van der Waals surface area contributed by atoms with Crippen LogP contribution in [0, 0.1) is 0 Å². The maximum atomic E-state index is 12.6. The minimum absolute atomic E-state index is 0.0605. The molecule has 3 aromatic rings. The van der Waals surface area contributed by atoms with Gasteiger partial charge in [0.15, 0.2) is 0 Å². The van der Waals surface area contributed by atoms with Gasteiger partial charge in [-0.25, -0.2) is 8.42 Å². The normalized spacial score (nSPS) is 16.1. The summed E-state index contributed by atoms with van der Waals surface area (Å²) in [5.74, 6) is -0.361. The Balaban J connectivity index is 1.39. The molecule has 0 radical (unpaired) electrons. The maximum Gasteiger partial charge on any atom is 0.251 e. The second-order valence-electron chi connectivity index (χ2n) is 7.61. The van der Waals surface area contributed by atoms with Crippen LogP contribution in [0.5, 0.6) is 0 Å². The van der Waals surface area contributed by atoms with Crippen LogP contribution in [0.1, 0.15) is 34.9 Å². The van der Waals surface area contributed by atoms with Crippen molar-refractivity contribution in [3.63, 3.8) is 0 Å². The Hall–Kier alpha value is -2.68. The van der Waals surface area contributed by atoms with E-state index in [1.807, 2.05) is 42.1 Å². The first kappa shape index (κ1) is 20.6. The van der Waals surface area contributed by atoms with Crippen LogP contribution < -0.4 is 5.32 Å². The van der Waals surface area contributed by atoms with Gasteiger partial charge >= 0.3 is 0 Å². The van der Waals surface area contributed by atoms with Crippen molar-refractivity contribution >= 4 is 26.8 Å². The number of fused-ring (bicyclic) bond motifs is 1. The standard InChI is InChI=1S/C22H25N3O4S/c1-24-13-10-17-14-18(6-9-20(17)24)21(26)15-23-22(27)16-4-7-19(8-5-16)30(28,29)25-11-2-3-12-25/h4-10,13-14,21,26H,2-3,11-12,15H2,1H3,(H,23,27). The van der Waals surface area contributed by atoms with Crippen molar-refractivity contribution in [2.45, 2.75) is 23.8 Å². The SMILES string of the molecule is Cn1ccc2cc(C(O)CNC(=O)c3ccc(S(=O)(=O)N4CCCC4)cc3)ccc21. The number of aliphatic hydroxyl groups excluding tert-OH is 1. The molecule has 0 saturated carbocycles. The molecule has 1 saturated heterocycles. The number of nitrogens with one attached hydrogen (secondary N) is 1. The lowest BCUT2D eigenvalue weighted by Crippen LogP contribution is -2.29. The quantitative estimate of drug-likeness (QED) is 0.632. The predicted octanol–water partition coefficient (Wildman–Crippen LogP) is 2.43. The summed E-state index contributed by atoms with van der Waals surface area (Å²) in [7, 11) is -1.54. The molecule has 0 bridgehead atoms. The number of hydrogen-bond acceptors (Lipinski definition) is 4. The monoisotopic (exact) mass is 427 g/mol. The molecule has 0 spiro atoms. The molecule has 2 N–H and O–H groups in total. The van der Waals surface area contributed by atoms with E-state index in [9.17, 15) is 18.3 Å². The van der Waals surface area contributed by atoms with E-state index in [0.29, 0.717) is 18.7 Å². The number of benzene rings is 2. The van der Waals surface area contributed by atoms with Crippen LogP contribution in [0.4, 0.5) is 0 Å². The molecule has 1 aromatic heterocycles. The molecule has 1 aliphatic heterocycles. The number of aryl methyl sites for hydroxylation is 1. The average Bonchev–Trinajstić information content (AvgIpc) is 3.42. The largest absolute Gasteiger partial charge is 0.387 e. The summed E-state index contributed by atoms with van der Waals surface area (Å²) < 4.78 is 28.6. The Bertz CT molecular complexity index is 1160. The van der Waals surface area contributed by atoms with E-state index in [2.05, 4.69) is 5.32 Å². The summed E-state index contributed by atoms with van der Waals surface area (Å²) in [6.07, 6.45) is 2.86. The predicted molar refractivity (Wildman–Crippen MR) is 115 cm³/mol. The van der Waals surface area contributed by atoms with Gasteiger partial charge in [-0.15, -0.1) is 0 Å². The highest BCUT2D eigenvalue weighted by molar-refractivity contribution is 7.89. The van der Waals surface area contributed by atoms with Gasteiger partial charge in [0.05, 0.1) is 11.0 Å². The summed E-state index contributed by atoms with van der Waals surface area (Å²) in [5.41, 5.74) is 2.14. The Morgan fingerprint density at radius 3 is 2.50 bits per heavy atom. The van der Waals surface area contributed by atoms with Gasteiger partial charge in [0.2, 0.25) is 10.0 Å². The lowest BCUT2D eigenvalue weighted by molar-refractivity contribution is 0.0916. The van der Waals surface area contributed by atoms with E-state index in [4.69, 9.17) is 0 Å². The number of amides is 1. The highest BCUT2D eigenvalue weighted by Gasteiger charge is 2.27. The molecule has 0 aliphatic carbocycles. The van der Waals surface area contributed by atoms with E-state index in [1.54, 1.807) is 0 Å². The van der Waals surface area contributed by atoms with Crippen molar-refractivity contribution in [2.75, 3.05) is 19.6 Å². The van der Waals surface area contributed by atoms with Crippen molar-refractivity contribution in [1.29, 1.82) is 0 Å². The van der Waals surface area contributed by atoms with Crippen LogP contribution in [0.15, 0.2) is 59.6 Å². The zero-order valence-electron chi connectivity index (χ0n) is 16.8. The lowest BCUT2D eigenvalue weighted by Gasteiger charge is -2.16. The van der Waals surface area contributed by atoms with Crippen molar-refractivity contribution in [2.24, 2.45) is 7.05 Å². The fourth-order valence-electron chi connectivity index (χ4n) is 3.77. The van der Waals surface area contributed by atoms with Crippen molar-refractivity contribution < 1.29 is 18.3 Å². The van der Waals surface area contributed by atoms with Crippen LogP contribution in [0.3, 0.4) is 0 Å². The van der Waals surface area contributed by atoms with E-state index >= 15 is 0 Å². The third-order valence-electron chi connectivity index (χ3n) is 5.57. The topological polar surface area (TPSA) is 91.6 Å². The van der Waals surface area contributed by atoms with Crippen molar-refractivity contribution in [1.82, 2.24) is 14.2 Å². The van der Waals surface area contributed by atoms with Crippen LogP contribution in [-0.4, -0.2) is 47.9 Å². The Labute approximate surface area is 176 Å². The highest BCUT2D eigenvalue weighted by atomic mass is 32.2. The molecule has 1 fully saturated rings. The Morgan fingerprint density at radius 2 is 1.80 bits per heavy atom. The molecule has 8 heteroatoms. The first-order chi connectivity index (χ1) is 14.4. The summed E-state index contributed by atoms with van der Waals surface area (Å²) in [4.78, 5) is 12.6. The second kappa shape index (κ2) is 8.22. The number of nitrogens with zero attached hydrogens (tertiary/aromatic N) is 2. The number of carbonyl (C=O) groups is 1. The highest BCUT2D eigenvalue weighted by Crippen LogP contribution is 2.22. The molecule has 1 unspecified atom stereocenters. The molecule has 4 rings (SSSR count). The summed E-state index contributed by atoms with van der Waals surface area (Å²) >= 11 is 0. The van der Waals surface area contributed by atoms with Crippen LogP contribution in [0.2, 0.25) is 0 Å². The van der Waals surface area contributed by atoms with Gasteiger partial charge in [-0.05, 0) is 66.3 Å². The fraction of sp³-hybridized carbons (Fsp3) is 0.318. The molecule has 158 valence electrons. The number of rotatable bonds is 6. The maximum absolute atomic E-state index is 12.6. The number of aliphatic hydroxyl groups is 1. The third kappa shape index (κ3) is 3.98. The molecule has 1 aliphatic rings. The van der Waals surface area contributed by atoms with E-state index in [1.165, 1.54) is 28.6 Å². The number of aromatic nitrogens is 1. The molecule has 1 amide bonds. The summed E-state index contributed by atoms with van der Waals surface area (Å²) in [5, 5.41) is 14.2. The first-order valence-corrected chi connectivity index (χ1v) is 11.4. The van der Waals surface area contributed by atoms with Crippen molar-refractivity contribution in [3.8, 4) is 0 Å². The van der Waals surface area contributed by atoms with Gasteiger partial charge in [-0.3, -0.25) is 4.79 Å². The van der Waals surface area contributed by atoms with E-state index in [0.717, 1.165) is 29.3 Å². The molecule has 30 heavy (non-hydrogen) atoms. The number of carbonyl (C=O) groups excluding carboxylic acids is 1. The first-order valence-electron chi connectivity index (χ1n) is 9.98. The van der Waals surface area contributed by atoms with Crippen molar-refractivity contribution in [3.05, 3.63) is 65.9 Å². The van der Waals surface area contributed by atoms with Crippen LogP contribution in [-0.2, 0) is 17.1 Å². The summed E-state index contributed by atoms with van der Waals surface area (Å²) in [6.45, 7) is 1.14. The minimum atomic E-state index is -3.50. The molecule has 2 heterocycles. The number of hydrogen-bond donors (Lipinski definition) is 2. The Kier molecular flexibility index (Phi) is 5.64. The zero-order valence-corrected chi connectivity index (χ0v) is 17.6. The molecular weight excluding hydrogens is 402 g/mol. The van der Waals surface area contributed by atoms with Gasteiger partial charge in [0, 0.05) is 44.0 Å². The molecule has 7 nitrogen and oxygen atoms in total. The van der Waals surface area contributed by atoms with E-state index in [-0.39, 0.29) is 17.3 Å². The molecular formula is C22H25N3O4S. The van der Waals surface area contributed by atoms with Gasteiger partial charge in [-0.2, -0.15) is 4.31 Å². The van der Waals surface area contributed by atoms with E-state index < -0.39 is 16.1 Å². The van der Waals surface area contributed by atoms with Gasteiger partial charge in [-0.1, -0.05) is 6.07 Å². The molecule has 2 aromatic carbocycles. The fourth-order valence-corrected chi connectivity index (χ4v) is 5.29. The van der Waals surface area contributed by atoms with Gasteiger partial charge in [0.25, 0.3) is 5.91 Å². The van der Waals surface area contributed by atoms with Gasteiger partial charge < -0.3 is 15.0 Å². The summed E-state index contributed by atoms with van der Waals surface area (Å²) in [6, 6.07) is 13.6. The number of sulfonamides is 1. The lowest BCUT2D eigenvalue weighted by atomic mass is 10.1. The van der Waals surface area contributed by atoms with Crippen LogP contribution in [0.25, 0.3) is 10.9 Å². The minimum Gasteiger partial charge on any atom is -0.387 e. The molecule has 1 atom stereocenters. The van der Waals surface area contributed by atoms with Crippen LogP contribution >= 0.6 is 0 Å². The van der Waals surface area contributed by atoms with Gasteiger partial charge in [0.1, 0.15) is 0 Å².